The summed E-state index contributed by atoms with van der Waals surface area (Å²) in [6.07, 6.45) is 3.77. The third-order valence-corrected chi connectivity index (χ3v) is 4.10. The van der Waals surface area contributed by atoms with Gasteiger partial charge in [-0.05, 0) is 35.9 Å². The predicted molar refractivity (Wildman–Crippen MR) is 86.3 cm³/mol. The van der Waals surface area contributed by atoms with Gasteiger partial charge in [0.1, 0.15) is 0 Å². The Morgan fingerprint density at radius 2 is 1.95 bits per heavy atom. The van der Waals surface area contributed by atoms with Gasteiger partial charge in [0, 0.05) is 11.9 Å². The van der Waals surface area contributed by atoms with Crippen molar-refractivity contribution in [1.82, 2.24) is 0 Å². The molecule has 1 aliphatic heterocycles. The second kappa shape index (κ2) is 5.43. The van der Waals surface area contributed by atoms with Crippen LogP contribution in [-0.2, 0) is 0 Å². The van der Waals surface area contributed by atoms with Crippen molar-refractivity contribution < 1.29 is 4.79 Å². The minimum absolute atomic E-state index is 0.166. The fourth-order valence-corrected chi connectivity index (χ4v) is 2.82. The maximum absolute atomic E-state index is 11.4. The monoisotopic (exact) mass is 318 g/mol. The molecule has 1 aliphatic rings. The van der Waals surface area contributed by atoms with Gasteiger partial charge in [-0.2, -0.15) is 0 Å². The van der Waals surface area contributed by atoms with Crippen molar-refractivity contribution >= 4 is 40.5 Å². The maximum atomic E-state index is 11.4. The van der Waals surface area contributed by atoms with E-state index < -0.39 is 5.91 Å². The molecule has 1 atom stereocenters. The summed E-state index contributed by atoms with van der Waals surface area (Å²) in [7, 11) is 0. The molecule has 3 rings (SSSR count). The van der Waals surface area contributed by atoms with Crippen LogP contribution in [0.5, 0.6) is 0 Å². The minimum atomic E-state index is -0.550. The van der Waals surface area contributed by atoms with E-state index in [0.717, 1.165) is 16.9 Å². The molecule has 0 spiro atoms. The van der Waals surface area contributed by atoms with E-state index in [1.54, 1.807) is 12.1 Å². The molecule has 2 aromatic rings. The number of halogens is 2. The van der Waals surface area contributed by atoms with E-state index in [-0.39, 0.29) is 5.38 Å². The van der Waals surface area contributed by atoms with Crippen molar-refractivity contribution in [1.29, 1.82) is 0 Å². The lowest BCUT2D eigenvalue weighted by atomic mass is 10.0. The van der Waals surface area contributed by atoms with Crippen molar-refractivity contribution in [3.8, 4) is 0 Å². The molecule has 0 bridgehead atoms. The number of allylic oxidation sites excluding steroid dienone is 1. The van der Waals surface area contributed by atoms with Crippen LogP contribution in [0.4, 0.5) is 11.4 Å². The molecule has 2 N–H and O–H groups in total. The number of alkyl halides is 1. The number of fused-ring (bicyclic) bond motifs is 1. The highest BCUT2D eigenvalue weighted by Crippen LogP contribution is 2.40. The Hall–Kier alpha value is -1.97. The van der Waals surface area contributed by atoms with Crippen molar-refractivity contribution in [2.75, 3.05) is 4.90 Å². The maximum Gasteiger partial charge on any atom is 0.250 e. The van der Waals surface area contributed by atoms with Crippen LogP contribution in [-0.4, -0.2) is 5.91 Å². The van der Waals surface area contributed by atoms with Gasteiger partial charge in [0.05, 0.1) is 21.7 Å². The van der Waals surface area contributed by atoms with Crippen molar-refractivity contribution in [2.45, 2.75) is 5.38 Å². The summed E-state index contributed by atoms with van der Waals surface area (Å²) in [5, 5.41) is 0.177. The third-order valence-electron chi connectivity index (χ3n) is 3.39. The number of anilines is 2. The Labute approximate surface area is 132 Å². The highest BCUT2D eigenvalue weighted by atomic mass is 35.5. The van der Waals surface area contributed by atoms with Crippen LogP contribution in [0, 0.1) is 0 Å². The van der Waals surface area contributed by atoms with E-state index in [1.807, 2.05) is 47.5 Å². The summed E-state index contributed by atoms with van der Waals surface area (Å²) in [5.41, 5.74) is 8.44. The Morgan fingerprint density at radius 3 is 2.71 bits per heavy atom. The van der Waals surface area contributed by atoms with Crippen LogP contribution in [0.25, 0.3) is 0 Å². The molecule has 1 heterocycles. The number of nitrogens with zero attached hydrogens (tertiary/aromatic N) is 1. The molecule has 0 aromatic heterocycles. The van der Waals surface area contributed by atoms with Crippen molar-refractivity contribution in [2.24, 2.45) is 5.73 Å². The number of rotatable bonds is 2. The number of carbonyl (C=O) groups is 1. The molecule has 2 aromatic carbocycles. The van der Waals surface area contributed by atoms with Gasteiger partial charge in [-0.3, -0.25) is 4.79 Å². The molecular formula is C16H12Cl2N2O. The van der Waals surface area contributed by atoms with Crippen LogP contribution in [0.2, 0.25) is 5.02 Å². The lowest BCUT2D eigenvalue weighted by Gasteiger charge is -2.28. The highest BCUT2D eigenvalue weighted by molar-refractivity contribution is 6.34. The largest absolute Gasteiger partial charge is 0.366 e. The van der Waals surface area contributed by atoms with Crippen LogP contribution < -0.4 is 10.6 Å². The average Bonchev–Trinajstić information content (AvgIpc) is 2.48. The zero-order valence-corrected chi connectivity index (χ0v) is 12.5. The summed E-state index contributed by atoms with van der Waals surface area (Å²) >= 11 is 12.3. The SMILES string of the molecule is NC(=O)c1cc(N2C=CC(Cl)c3ccccc32)ccc1Cl. The number of hydrogen-bond donors (Lipinski definition) is 1. The molecule has 5 heteroatoms. The minimum Gasteiger partial charge on any atom is -0.366 e. The number of benzene rings is 2. The highest BCUT2D eigenvalue weighted by Gasteiger charge is 2.20. The third kappa shape index (κ3) is 2.50. The molecule has 0 fully saturated rings. The number of primary amides is 1. The Kier molecular flexibility index (Phi) is 3.62. The number of hydrogen-bond acceptors (Lipinski definition) is 2. The van der Waals surface area contributed by atoms with Gasteiger partial charge in [0.2, 0.25) is 5.91 Å². The van der Waals surface area contributed by atoms with Gasteiger partial charge in [0.15, 0.2) is 0 Å². The predicted octanol–water partition coefficient (Wildman–Crippen LogP) is 4.38. The number of nitrogens with two attached hydrogens (primary N) is 1. The summed E-state index contributed by atoms with van der Waals surface area (Å²) in [6.45, 7) is 0. The van der Waals surface area contributed by atoms with Crippen molar-refractivity contribution in [3.63, 3.8) is 0 Å². The lowest BCUT2D eigenvalue weighted by molar-refractivity contribution is 0.100. The van der Waals surface area contributed by atoms with Gasteiger partial charge in [-0.25, -0.2) is 0 Å². The summed E-state index contributed by atoms with van der Waals surface area (Å²) in [4.78, 5) is 13.4. The van der Waals surface area contributed by atoms with Crippen LogP contribution in [0.3, 0.4) is 0 Å². The van der Waals surface area contributed by atoms with E-state index in [1.165, 1.54) is 0 Å². The topological polar surface area (TPSA) is 46.3 Å². The van der Waals surface area contributed by atoms with Crippen molar-refractivity contribution in [3.05, 3.63) is 70.9 Å². The molecule has 0 radical (unpaired) electrons. The van der Waals surface area contributed by atoms with E-state index in [9.17, 15) is 4.79 Å². The van der Waals surface area contributed by atoms with Gasteiger partial charge in [-0.1, -0.05) is 29.8 Å². The van der Waals surface area contributed by atoms with Gasteiger partial charge in [0.25, 0.3) is 0 Å². The first-order chi connectivity index (χ1) is 10.1. The van der Waals surface area contributed by atoms with E-state index in [2.05, 4.69) is 0 Å². The molecule has 0 saturated heterocycles. The quantitative estimate of drug-likeness (QED) is 0.835. The first kappa shape index (κ1) is 14.0. The molecular weight excluding hydrogens is 307 g/mol. The van der Waals surface area contributed by atoms with Crippen LogP contribution in [0.15, 0.2) is 54.7 Å². The van der Waals surface area contributed by atoms with Crippen LogP contribution >= 0.6 is 23.2 Å². The molecule has 106 valence electrons. The average molecular weight is 319 g/mol. The second-order valence-corrected chi connectivity index (χ2v) is 5.58. The normalized spacial score (nSPS) is 16.7. The van der Waals surface area contributed by atoms with E-state index in [0.29, 0.717) is 10.6 Å². The second-order valence-electron chi connectivity index (χ2n) is 4.70. The standard InChI is InChI=1S/C16H12Cl2N2O/c17-13-6-5-10(9-12(13)16(19)21)20-8-7-14(18)11-3-1-2-4-15(11)20/h1-9,14H,(H2,19,21). The number of carbonyl (C=O) groups excluding carboxylic acids is 1. The Bertz CT molecular complexity index is 743. The molecule has 21 heavy (non-hydrogen) atoms. The van der Waals surface area contributed by atoms with Gasteiger partial charge < -0.3 is 10.6 Å². The summed E-state index contributed by atoms with van der Waals surface area (Å²) in [5.74, 6) is -0.550. The Morgan fingerprint density at radius 1 is 1.19 bits per heavy atom. The molecule has 3 nitrogen and oxygen atoms in total. The summed E-state index contributed by atoms with van der Waals surface area (Å²) < 4.78 is 0. The summed E-state index contributed by atoms with van der Waals surface area (Å²) in [6, 6.07) is 13.0. The molecule has 0 aliphatic carbocycles. The van der Waals surface area contributed by atoms with Gasteiger partial charge in [-0.15, -0.1) is 11.6 Å². The lowest BCUT2D eigenvalue weighted by Crippen LogP contribution is -2.17. The van der Waals surface area contributed by atoms with E-state index >= 15 is 0 Å². The van der Waals surface area contributed by atoms with E-state index in [4.69, 9.17) is 28.9 Å². The molecule has 1 unspecified atom stereocenters. The molecule has 0 saturated carbocycles. The fraction of sp³-hybridized carbons (Fsp3) is 0.0625. The fourth-order valence-electron chi connectivity index (χ4n) is 2.36. The zero-order chi connectivity index (χ0) is 15.0. The Balaban J connectivity index is 2.11. The van der Waals surface area contributed by atoms with Crippen LogP contribution in [0.1, 0.15) is 21.3 Å². The zero-order valence-electron chi connectivity index (χ0n) is 11.0. The first-order valence-electron chi connectivity index (χ1n) is 6.38. The number of para-hydroxylation sites is 1. The van der Waals surface area contributed by atoms with Gasteiger partial charge >= 0.3 is 0 Å². The molecule has 1 amide bonds. The first-order valence-corrected chi connectivity index (χ1v) is 7.19. The smallest absolute Gasteiger partial charge is 0.250 e. The number of amides is 1.